The summed E-state index contributed by atoms with van der Waals surface area (Å²) in [5.74, 6) is 0.196. The maximum absolute atomic E-state index is 10.8. The number of nitrogens with zero attached hydrogens (tertiary/aromatic N) is 1. The molecule has 0 N–H and O–H groups in total. The van der Waals surface area contributed by atoms with Crippen LogP contribution in [0.2, 0.25) is 0 Å². The van der Waals surface area contributed by atoms with Crippen LogP contribution >= 0.6 is 0 Å². The average Bonchev–Trinajstić information content (AvgIpc) is 2.37. The monoisotopic (exact) mass is 267 g/mol. The fraction of sp³-hybridized carbons (Fsp3) is 0.538. The Morgan fingerprint density at radius 1 is 1.53 bits per heavy atom. The highest BCUT2D eigenvalue weighted by atomic mass is 16.7. The zero-order valence-electron chi connectivity index (χ0n) is 11.2. The summed E-state index contributed by atoms with van der Waals surface area (Å²) in [4.78, 5) is 10.5. The lowest BCUT2D eigenvalue weighted by molar-refractivity contribution is -0.485. The zero-order chi connectivity index (χ0) is 14.0. The van der Waals surface area contributed by atoms with Crippen molar-refractivity contribution >= 4 is 0 Å². The molecule has 0 fully saturated rings. The molecule has 0 aliphatic carbocycles. The van der Waals surface area contributed by atoms with Gasteiger partial charge in [-0.3, -0.25) is 10.1 Å². The minimum Gasteiger partial charge on any atom is -0.497 e. The molecule has 1 aromatic rings. The van der Waals surface area contributed by atoms with E-state index in [1.165, 1.54) is 7.11 Å². The smallest absolute Gasteiger partial charge is 0.211 e. The van der Waals surface area contributed by atoms with Crippen molar-refractivity contribution in [2.24, 2.45) is 0 Å². The van der Waals surface area contributed by atoms with Crippen LogP contribution in [0.15, 0.2) is 18.2 Å². The van der Waals surface area contributed by atoms with Crippen molar-refractivity contribution in [1.82, 2.24) is 0 Å². The van der Waals surface area contributed by atoms with Gasteiger partial charge in [-0.15, -0.1) is 0 Å². The summed E-state index contributed by atoms with van der Waals surface area (Å²) < 4.78 is 16.3. The molecule has 0 unspecified atom stereocenters. The van der Waals surface area contributed by atoms with Crippen LogP contribution in [0.4, 0.5) is 0 Å². The van der Waals surface area contributed by atoms with Gasteiger partial charge in [0.2, 0.25) is 12.3 Å². The summed E-state index contributed by atoms with van der Waals surface area (Å²) in [7, 11) is 3.10. The van der Waals surface area contributed by atoms with Gasteiger partial charge in [0.1, 0.15) is 11.5 Å². The largest absolute Gasteiger partial charge is 0.497 e. The quantitative estimate of drug-likeness (QED) is 0.617. The molecule has 1 aliphatic rings. The topological polar surface area (TPSA) is 70.8 Å². The van der Waals surface area contributed by atoms with Crippen molar-refractivity contribution in [2.75, 3.05) is 20.8 Å². The molecule has 1 aliphatic heterocycles. The molecule has 0 saturated heterocycles. The van der Waals surface area contributed by atoms with E-state index in [1.54, 1.807) is 32.2 Å². The molecule has 6 heteroatoms. The highest BCUT2D eigenvalue weighted by Gasteiger charge is 2.39. The maximum atomic E-state index is 10.8. The van der Waals surface area contributed by atoms with Gasteiger partial charge in [-0.05, 0) is 18.2 Å². The van der Waals surface area contributed by atoms with Crippen LogP contribution in [-0.4, -0.2) is 31.5 Å². The molecular formula is C13H17NO5. The lowest BCUT2D eigenvalue weighted by atomic mass is 9.88. The van der Waals surface area contributed by atoms with Crippen molar-refractivity contribution < 1.29 is 19.1 Å². The normalized spacial score (nSPS) is 25.3. The molecule has 0 radical (unpaired) electrons. The maximum Gasteiger partial charge on any atom is 0.211 e. The predicted molar refractivity (Wildman–Crippen MR) is 68.3 cm³/mol. The first kappa shape index (κ1) is 13.6. The summed E-state index contributed by atoms with van der Waals surface area (Å²) in [5.41, 5.74) is 0.797. The third kappa shape index (κ3) is 2.78. The van der Waals surface area contributed by atoms with Crippen LogP contribution < -0.4 is 9.47 Å². The molecule has 0 spiro atoms. The van der Waals surface area contributed by atoms with Crippen LogP contribution in [0.25, 0.3) is 0 Å². The molecule has 19 heavy (non-hydrogen) atoms. The van der Waals surface area contributed by atoms with E-state index in [0.717, 1.165) is 5.56 Å². The zero-order valence-corrected chi connectivity index (χ0v) is 11.2. The first-order valence-corrected chi connectivity index (χ1v) is 6.01. The average molecular weight is 267 g/mol. The number of hydrogen-bond donors (Lipinski definition) is 0. The molecule has 0 bridgehead atoms. The van der Waals surface area contributed by atoms with Crippen LogP contribution in [0, 0.1) is 10.1 Å². The Labute approximate surface area is 111 Å². The molecule has 1 heterocycles. The molecule has 0 amide bonds. The van der Waals surface area contributed by atoms with Gasteiger partial charge in [0.25, 0.3) is 0 Å². The third-order valence-corrected chi connectivity index (χ3v) is 3.40. The van der Waals surface area contributed by atoms with Gasteiger partial charge in [0.05, 0.1) is 13.0 Å². The second kappa shape index (κ2) is 5.05. The summed E-state index contributed by atoms with van der Waals surface area (Å²) in [5, 5.41) is 10.8. The van der Waals surface area contributed by atoms with Crippen molar-refractivity contribution in [1.29, 1.82) is 0 Å². The second-order valence-corrected chi connectivity index (χ2v) is 4.76. The fourth-order valence-corrected chi connectivity index (χ4v) is 2.37. The van der Waals surface area contributed by atoms with Crippen LogP contribution in [0.1, 0.15) is 24.8 Å². The minimum absolute atomic E-state index is 0.150. The van der Waals surface area contributed by atoms with Gasteiger partial charge >= 0.3 is 0 Å². The van der Waals surface area contributed by atoms with Crippen LogP contribution in [-0.2, 0) is 4.74 Å². The first-order valence-electron chi connectivity index (χ1n) is 6.01. The number of methoxy groups -OCH3 is 2. The first-order chi connectivity index (χ1) is 8.97. The standard InChI is InChI=1S/C13H17NO5/c1-13(18-3)7-9(8-14(15)16)11-6-10(17-2)4-5-12(11)19-13/h4-6,9H,7-8H2,1-3H3/t9-,13-/m1/s1. The number of rotatable bonds is 4. The van der Waals surface area contributed by atoms with Crippen molar-refractivity contribution in [3.05, 3.63) is 33.9 Å². The van der Waals surface area contributed by atoms with E-state index in [9.17, 15) is 10.1 Å². The van der Waals surface area contributed by atoms with Gasteiger partial charge < -0.3 is 14.2 Å². The Kier molecular flexibility index (Phi) is 3.61. The van der Waals surface area contributed by atoms with E-state index in [1.807, 2.05) is 0 Å². The van der Waals surface area contributed by atoms with E-state index < -0.39 is 5.79 Å². The van der Waals surface area contributed by atoms with E-state index in [0.29, 0.717) is 17.9 Å². The van der Waals surface area contributed by atoms with Gasteiger partial charge in [-0.1, -0.05) is 0 Å². The van der Waals surface area contributed by atoms with Crippen LogP contribution in [0.3, 0.4) is 0 Å². The van der Waals surface area contributed by atoms with E-state index in [2.05, 4.69) is 0 Å². The van der Waals surface area contributed by atoms with Gasteiger partial charge in [-0.25, -0.2) is 0 Å². The highest BCUT2D eigenvalue weighted by molar-refractivity contribution is 5.44. The Morgan fingerprint density at radius 2 is 2.26 bits per heavy atom. The van der Waals surface area contributed by atoms with Gasteiger partial charge in [0.15, 0.2) is 0 Å². The molecule has 2 atom stereocenters. The number of nitro groups is 1. The fourth-order valence-electron chi connectivity index (χ4n) is 2.37. The minimum atomic E-state index is -0.831. The van der Waals surface area contributed by atoms with Gasteiger partial charge in [-0.2, -0.15) is 0 Å². The van der Waals surface area contributed by atoms with E-state index >= 15 is 0 Å². The molecule has 1 aromatic carbocycles. The molecule has 104 valence electrons. The molecule has 0 saturated carbocycles. The van der Waals surface area contributed by atoms with Crippen molar-refractivity contribution in [3.8, 4) is 11.5 Å². The Morgan fingerprint density at radius 3 is 2.84 bits per heavy atom. The highest BCUT2D eigenvalue weighted by Crippen LogP contribution is 2.42. The number of fused-ring (bicyclic) bond motifs is 1. The Hall–Kier alpha value is -1.82. The molecule has 2 rings (SSSR count). The Bertz CT molecular complexity index is 490. The van der Waals surface area contributed by atoms with E-state index in [4.69, 9.17) is 14.2 Å². The summed E-state index contributed by atoms with van der Waals surface area (Å²) in [6, 6.07) is 5.32. The van der Waals surface area contributed by atoms with Crippen LogP contribution in [0.5, 0.6) is 11.5 Å². The third-order valence-electron chi connectivity index (χ3n) is 3.40. The SMILES string of the molecule is COc1ccc2c(c1)[C@@H](C[N+](=O)[O-])C[C@](C)(OC)O2. The molecular weight excluding hydrogens is 250 g/mol. The van der Waals surface area contributed by atoms with Crippen molar-refractivity contribution in [2.45, 2.75) is 25.0 Å². The molecule has 6 nitrogen and oxygen atoms in total. The van der Waals surface area contributed by atoms with Crippen molar-refractivity contribution in [3.63, 3.8) is 0 Å². The lowest BCUT2D eigenvalue weighted by Gasteiger charge is -2.37. The lowest BCUT2D eigenvalue weighted by Crippen LogP contribution is -2.41. The Balaban J connectivity index is 2.40. The number of ether oxygens (including phenoxy) is 3. The van der Waals surface area contributed by atoms with E-state index in [-0.39, 0.29) is 17.4 Å². The molecule has 0 aromatic heterocycles. The van der Waals surface area contributed by atoms with Gasteiger partial charge in [0, 0.05) is 30.9 Å². The second-order valence-electron chi connectivity index (χ2n) is 4.76. The predicted octanol–water partition coefficient (Wildman–Crippen LogP) is 2.20. The summed E-state index contributed by atoms with van der Waals surface area (Å²) >= 11 is 0. The number of benzene rings is 1. The number of hydrogen-bond acceptors (Lipinski definition) is 5. The summed E-state index contributed by atoms with van der Waals surface area (Å²) in [6.07, 6.45) is 0.435. The summed E-state index contributed by atoms with van der Waals surface area (Å²) in [6.45, 7) is 1.63.